The first kappa shape index (κ1) is 25.6. The van der Waals surface area contributed by atoms with Gasteiger partial charge in [0, 0.05) is 51.2 Å². The topological polar surface area (TPSA) is 108 Å². The number of fused-ring (bicyclic) bond motifs is 2. The SMILES string of the molecule is C#Cc1cc(C2CN([C@H]3CCN(C(=O)C=C)C3)C2)cc2c1O[C@@H](C)c1c(ncnc1N1CCS(=O)(=O)CC1)N2. The number of aromatic nitrogens is 2. The molecule has 3 saturated heterocycles. The van der Waals surface area contributed by atoms with E-state index in [4.69, 9.17) is 11.2 Å². The Bertz CT molecular complexity index is 1470. The minimum Gasteiger partial charge on any atom is -0.482 e. The van der Waals surface area contributed by atoms with E-state index in [2.05, 4.69) is 38.8 Å². The molecule has 1 aromatic heterocycles. The Morgan fingerprint density at radius 2 is 1.97 bits per heavy atom. The maximum absolute atomic E-state index is 12.0. The smallest absolute Gasteiger partial charge is 0.246 e. The standard InChI is InChI=1S/C28H32N6O4S/c1-4-19-12-20(21-14-34(15-21)22-6-7-33(16-22)24(35)5-2)13-23-26(19)38-18(3)25-27(31-23)29-17-30-28(25)32-8-10-39(36,37)11-9-32/h1,5,12-13,17-18,21-22H,2,6-11,14-16H2,3H3,(H,29,30,31)/t18-,22-/m0/s1. The summed E-state index contributed by atoms with van der Waals surface area (Å²) in [6, 6.07) is 4.50. The van der Waals surface area contributed by atoms with E-state index < -0.39 is 15.9 Å². The number of sulfone groups is 1. The second kappa shape index (κ2) is 9.84. The highest BCUT2D eigenvalue weighted by Crippen LogP contribution is 2.45. The lowest BCUT2D eigenvalue weighted by atomic mass is 9.88. The molecule has 1 aromatic carbocycles. The van der Waals surface area contributed by atoms with Crippen LogP contribution in [-0.2, 0) is 14.6 Å². The number of terminal acetylenes is 1. The number of carbonyl (C=O) groups excluding carboxylic acids is 1. The molecule has 6 rings (SSSR count). The van der Waals surface area contributed by atoms with Gasteiger partial charge in [0.05, 0.1) is 28.3 Å². The molecule has 5 heterocycles. The summed E-state index contributed by atoms with van der Waals surface area (Å²) in [5, 5.41) is 3.45. The number of amides is 1. The maximum Gasteiger partial charge on any atom is 0.246 e. The van der Waals surface area contributed by atoms with Crippen molar-refractivity contribution in [1.82, 2.24) is 19.8 Å². The van der Waals surface area contributed by atoms with Crippen molar-refractivity contribution in [2.24, 2.45) is 0 Å². The Kier molecular flexibility index (Phi) is 6.47. The van der Waals surface area contributed by atoms with Crippen LogP contribution in [0.15, 0.2) is 31.1 Å². The fourth-order valence-electron chi connectivity index (χ4n) is 6.00. The number of nitrogens with one attached hydrogen (secondary N) is 1. The second-order valence-electron chi connectivity index (χ2n) is 10.7. The van der Waals surface area contributed by atoms with Crippen molar-refractivity contribution in [3.05, 3.63) is 47.8 Å². The Labute approximate surface area is 229 Å². The van der Waals surface area contributed by atoms with Gasteiger partial charge in [-0.1, -0.05) is 12.5 Å². The maximum atomic E-state index is 12.0. The first-order valence-electron chi connectivity index (χ1n) is 13.3. The number of rotatable bonds is 4. The van der Waals surface area contributed by atoms with Gasteiger partial charge in [0.2, 0.25) is 5.91 Å². The fourth-order valence-corrected chi connectivity index (χ4v) is 7.21. The molecule has 39 heavy (non-hydrogen) atoms. The molecule has 0 bridgehead atoms. The molecule has 4 aliphatic rings. The average Bonchev–Trinajstić information content (AvgIpc) is 3.32. The van der Waals surface area contributed by atoms with E-state index in [0.29, 0.717) is 48.0 Å². The quantitative estimate of drug-likeness (QED) is 0.454. The Hall–Kier alpha value is -3.62. The van der Waals surface area contributed by atoms with Crippen molar-refractivity contribution in [1.29, 1.82) is 0 Å². The van der Waals surface area contributed by atoms with E-state index >= 15 is 0 Å². The highest BCUT2D eigenvalue weighted by atomic mass is 32.2. The molecule has 4 aliphatic heterocycles. The second-order valence-corrected chi connectivity index (χ2v) is 13.0. The molecular formula is C28H32N6O4S. The van der Waals surface area contributed by atoms with E-state index in [9.17, 15) is 13.2 Å². The molecule has 0 spiro atoms. The van der Waals surface area contributed by atoms with Gasteiger partial charge in [-0.05, 0) is 37.1 Å². The molecule has 1 N–H and O–H groups in total. The summed E-state index contributed by atoms with van der Waals surface area (Å²) in [7, 11) is -3.02. The summed E-state index contributed by atoms with van der Waals surface area (Å²) in [5.41, 5.74) is 3.36. The van der Waals surface area contributed by atoms with Crippen LogP contribution in [0.3, 0.4) is 0 Å². The Morgan fingerprint density at radius 1 is 1.21 bits per heavy atom. The van der Waals surface area contributed by atoms with E-state index in [0.717, 1.165) is 49.4 Å². The zero-order chi connectivity index (χ0) is 27.3. The average molecular weight is 549 g/mol. The van der Waals surface area contributed by atoms with Gasteiger partial charge in [-0.2, -0.15) is 0 Å². The van der Waals surface area contributed by atoms with Gasteiger partial charge >= 0.3 is 0 Å². The highest BCUT2D eigenvalue weighted by Gasteiger charge is 2.38. The van der Waals surface area contributed by atoms with Crippen molar-refractivity contribution in [2.75, 3.05) is 61.0 Å². The Morgan fingerprint density at radius 3 is 2.69 bits per heavy atom. The summed E-state index contributed by atoms with van der Waals surface area (Å²) in [6.45, 7) is 9.62. The van der Waals surface area contributed by atoms with Crippen molar-refractivity contribution in [2.45, 2.75) is 31.4 Å². The molecule has 10 nitrogen and oxygen atoms in total. The fraction of sp³-hybridized carbons (Fsp3) is 0.464. The largest absolute Gasteiger partial charge is 0.482 e. The molecular weight excluding hydrogens is 516 g/mol. The van der Waals surface area contributed by atoms with Crippen molar-refractivity contribution in [3.8, 4) is 18.1 Å². The van der Waals surface area contributed by atoms with Gasteiger partial charge in [0.1, 0.15) is 24.1 Å². The monoisotopic (exact) mass is 548 g/mol. The van der Waals surface area contributed by atoms with Crippen molar-refractivity contribution >= 4 is 33.1 Å². The lowest BCUT2D eigenvalue weighted by Crippen LogP contribution is -2.51. The Balaban J connectivity index is 1.23. The molecule has 0 saturated carbocycles. The van der Waals surface area contributed by atoms with Gasteiger partial charge in [-0.15, -0.1) is 6.42 Å². The van der Waals surface area contributed by atoms with Crippen LogP contribution in [0.1, 0.15) is 42.1 Å². The number of benzene rings is 1. The first-order chi connectivity index (χ1) is 18.8. The normalized spacial score (nSPS) is 24.3. The van der Waals surface area contributed by atoms with Crippen LogP contribution >= 0.6 is 0 Å². The lowest BCUT2D eigenvalue weighted by molar-refractivity contribution is -0.125. The van der Waals surface area contributed by atoms with E-state index in [-0.39, 0.29) is 17.4 Å². The van der Waals surface area contributed by atoms with Crippen LogP contribution in [0.4, 0.5) is 17.3 Å². The summed E-state index contributed by atoms with van der Waals surface area (Å²) in [6.07, 6.45) is 9.41. The third-order valence-corrected chi connectivity index (χ3v) is 9.88. The van der Waals surface area contributed by atoms with Crippen LogP contribution in [0.25, 0.3) is 0 Å². The van der Waals surface area contributed by atoms with E-state index in [1.54, 1.807) is 0 Å². The summed E-state index contributed by atoms with van der Waals surface area (Å²) < 4.78 is 30.4. The molecule has 0 radical (unpaired) electrons. The van der Waals surface area contributed by atoms with Crippen LogP contribution < -0.4 is 15.0 Å². The third kappa shape index (κ3) is 4.72. The molecule has 0 unspecified atom stereocenters. The number of hydrogen-bond acceptors (Lipinski definition) is 9. The molecule has 11 heteroatoms. The van der Waals surface area contributed by atoms with Crippen LogP contribution in [0.2, 0.25) is 0 Å². The van der Waals surface area contributed by atoms with Gasteiger partial charge < -0.3 is 19.9 Å². The predicted octanol–water partition coefficient (Wildman–Crippen LogP) is 2.08. The number of anilines is 3. The summed E-state index contributed by atoms with van der Waals surface area (Å²) in [5.74, 6) is 5.24. The summed E-state index contributed by atoms with van der Waals surface area (Å²) >= 11 is 0. The van der Waals surface area contributed by atoms with Gasteiger partial charge in [-0.3, -0.25) is 9.69 Å². The lowest BCUT2D eigenvalue weighted by Gasteiger charge is -2.43. The number of hydrogen-bond donors (Lipinski definition) is 1. The molecule has 3 fully saturated rings. The number of ether oxygens (including phenoxy) is 1. The predicted molar refractivity (Wildman–Crippen MR) is 149 cm³/mol. The highest BCUT2D eigenvalue weighted by molar-refractivity contribution is 7.91. The van der Waals surface area contributed by atoms with Gasteiger partial charge in [-0.25, -0.2) is 18.4 Å². The van der Waals surface area contributed by atoms with Gasteiger partial charge in [0.15, 0.2) is 15.6 Å². The number of nitrogens with zero attached hydrogens (tertiary/aromatic N) is 5. The number of likely N-dealkylation sites (tertiary alicyclic amines) is 2. The van der Waals surface area contributed by atoms with Crippen molar-refractivity contribution < 1.29 is 17.9 Å². The zero-order valence-corrected chi connectivity index (χ0v) is 22.8. The number of carbonyl (C=O) groups is 1. The van der Waals surface area contributed by atoms with E-state index in [1.165, 1.54) is 12.4 Å². The third-order valence-electron chi connectivity index (χ3n) is 8.28. The molecule has 0 aliphatic carbocycles. The minimum absolute atomic E-state index is 0.00291. The zero-order valence-electron chi connectivity index (χ0n) is 22.0. The van der Waals surface area contributed by atoms with Crippen molar-refractivity contribution in [3.63, 3.8) is 0 Å². The molecule has 204 valence electrons. The minimum atomic E-state index is -3.02. The van der Waals surface area contributed by atoms with Crippen LogP contribution in [-0.4, -0.2) is 90.9 Å². The van der Waals surface area contributed by atoms with Gasteiger partial charge in [0.25, 0.3) is 0 Å². The van der Waals surface area contributed by atoms with Crippen LogP contribution in [0, 0.1) is 12.3 Å². The molecule has 2 aromatic rings. The summed E-state index contributed by atoms with van der Waals surface area (Å²) in [4.78, 5) is 27.3. The van der Waals surface area contributed by atoms with Crippen LogP contribution in [0.5, 0.6) is 5.75 Å². The van der Waals surface area contributed by atoms with E-state index in [1.807, 2.05) is 22.8 Å². The molecule has 1 amide bonds. The first-order valence-corrected chi connectivity index (χ1v) is 15.1. The molecule has 2 atom stereocenters.